The van der Waals surface area contributed by atoms with Crippen molar-refractivity contribution in [2.75, 3.05) is 26.2 Å². The van der Waals surface area contributed by atoms with Gasteiger partial charge in [0.2, 0.25) is 5.91 Å². The Labute approximate surface area is 139 Å². The van der Waals surface area contributed by atoms with E-state index < -0.39 is 0 Å². The fourth-order valence-corrected chi connectivity index (χ4v) is 3.14. The van der Waals surface area contributed by atoms with Crippen LogP contribution in [0, 0.1) is 5.92 Å². The molecule has 1 fully saturated rings. The summed E-state index contributed by atoms with van der Waals surface area (Å²) in [5.41, 5.74) is 1.15. The molecule has 3 nitrogen and oxygen atoms in total. The Bertz CT molecular complexity index is 461. The maximum absolute atomic E-state index is 11.8. The molecule has 0 aliphatic carbocycles. The minimum absolute atomic E-state index is 0.141. The van der Waals surface area contributed by atoms with Crippen molar-refractivity contribution in [2.45, 2.75) is 39.0 Å². The van der Waals surface area contributed by atoms with Crippen LogP contribution in [0.2, 0.25) is 5.02 Å². The van der Waals surface area contributed by atoms with Crippen molar-refractivity contribution < 1.29 is 4.79 Å². The van der Waals surface area contributed by atoms with Gasteiger partial charge in [0, 0.05) is 24.5 Å². The van der Waals surface area contributed by atoms with Crippen LogP contribution in [-0.2, 0) is 11.2 Å². The summed E-state index contributed by atoms with van der Waals surface area (Å²) >= 11 is 5.85. The highest BCUT2D eigenvalue weighted by Crippen LogP contribution is 2.15. The van der Waals surface area contributed by atoms with Crippen LogP contribution >= 0.6 is 11.6 Å². The highest BCUT2D eigenvalue weighted by molar-refractivity contribution is 6.30. The molecule has 22 heavy (non-hydrogen) atoms. The highest BCUT2D eigenvalue weighted by atomic mass is 35.5. The Hall–Kier alpha value is -1.06. The molecule has 1 unspecified atom stereocenters. The zero-order chi connectivity index (χ0) is 15.8. The van der Waals surface area contributed by atoms with Gasteiger partial charge in [0.15, 0.2) is 0 Å². The molecule has 0 saturated carbocycles. The van der Waals surface area contributed by atoms with Crippen molar-refractivity contribution in [1.82, 2.24) is 10.2 Å². The van der Waals surface area contributed by atoms with Crippen LogP contribution in [0.4, 0.5) is 0 Å². The van der Waals surface area contributed by atoms with Gasteiger partial charge in [0.25, 0.3) is 0 Å². The molecule has 1 aliphatic heterocycles. The van der Waals surface area contributed by atoms with Gasteiger partial charge in [-0.15, -0.1) is 0 Å². The second-order valence-corrected chi connectivity index (χ2v) is 6.81. The molecule has 1 aromatic carbocycles. The summed E-state index contributed by atoms with van der Waals surface area (Å²) in [6, 6.07) is 7.70. The molecule has 1 amide bonds. The number of hydrogen-bond acceptors (Lipinski definition) is 2. The van der Waals surface area contributed by atoms with Crippen molar-refractivity contribution in [3.05, 3.63) is 34.9 Å². The second-order valence-electron chi connectivity index (χ2n) is 6.38. The summed E-state index contributed by atoms with van der Waals surface area (Å²) in [4.78, 5) is 14.4. The monoisotopic (exact) mass is 322 g/mol. The SMILES string of the molecule is CC1CCCN(CCCNC(=O)CCc2ccc(Cl)cc2)C1. The molecule has 1 heterocycles. The van der Waals surface area contributed by atoms with E-state index >= 15 is 0 Å². The molecule has 1 saturated heterocycles. The lowest BCUT2D eigenvalue weighted by atomic mass is 10.0. The zero-order valence-corrected chi connectivity index (χ0v) is 14.2. The molecule has 0 aromatic heterocycles. The number of nitrogens with zero attached hydrogens (tertiary/aromatic N) is 1. The third-order valence-electron chi connectivity index (χ3n) is 4.27. The summed E-state index contributed by atoms with van der Waals surface area (Å²) in [5.74, 6) is 0.963. The first-order valence-corrected chi connectivity index (χ1v) is 8.75. The van der Waals surface area contributed by atoms with Crippen LogP contribution in [0.25, 0.3) is 0 Å². The summed E-state index contributed by atoms with van der Waals surface area (Å²) in [6.45, 7) is 6.64. The van der Waals surface area contributed by atoms with E-state index in [9.17, 15) is 4.79 Å². The number of benzene rings is 1. The van der Waals surface area contributed by atoms with Gasteiger partial charge in [-0.1, -0.05) is 30.7 Å². The molecule has 4 heteroatoms. The smallest absolute Gasteiger partial charge is 0.220 e. The number of aryl methyl sites for hydroxylation is 1. The van der Waals surface area contributed by atoms with Gasteiger partial charge >= 0.3 is 0 Å². The van der Waals surface area contributed by atoms with Gasteiger partial charge in [0.05, 0.1) is 0 Å². The van der Waals surface area contributed by atoms with Gasteiger partial charge < -0.3 is 10.2 Å². The third-order valence-corrected chi connectivity index (χ3v) is 4.52. The van der Waals surface area contributed by atoms with Gasteiger partial charge in [-0.25, -0.2) is 0 Å². The normalized spacial score (nSPS) is 19.1. The molecule has 1 N–H and O–H groups in total. The lowest BCUT2D eigenvalue weighted by molar-refractivity contribution is -0.121. The van der Waals surface area contributed by atoms with E-state index in [1.54, 1.807) is 0 Å². The van der Waals surface area contributed by atoms with Gasteiger partial charge in [-0.05, 0) is 62.4 Å². The standard InChI is InChI=1S/C18H27ClN2O/c1-15-4-2-12-21(14-15)13-3-11-20-18(22)10-7-16-5-8-17(19)9-6-16/h5-6,8-9,15H,2-4,7,10-14H2,1H3,(H,20,22). The van der Waals surface area contributed by atoms with Crippen LogP contribution in [0.15, 0.2) is 24.3 Å². The maximum Gasteiger partial charge on any atom is 0.220 e. The minimum atomic E-state index is 0.141. The maximum atomic E-state index is 11.8. The number of halogens is 1. The number of carbonyl (C=O) groups excluding carboxylic acids is 1. The lowest BCUT2D eigenvalue weighted by Gasteiger charge is -2.30. The summed E-state index contributed by atoms with van der Waals surface area (Å²) in [5, 5.41) is 3.76. The number of carbonyl (C=O) groups is 1. The Balaban J connectivity index is 1.55. The van der Waals surface area contributed by atoms with Crippen LogP contribution < -0.4 is 5.32 Å². The van der Waals surface area contributed by atoms with Gasteiger partial charge in [0.1, 0.15) is 0 Å². The fourth-order valence-electron chi connectivity index (χ4n) is 3.02. The van der Waals surface area contributed by atoms with E-state index in [-0.39, 0.29) is 5.91 Å². The summed E-state index contributed by atoms with van der Waals surface area (Å²) in [7, 11) is 0. The fraction of sp³-hybridized carbons (Fsp3) is 0.611. The first kappa shape index (κ1) is 17.3. The van der Waals surface area contributed by atoms with Gasteiger partial charge in [-0.2, -0.15) is 0 Å². The molecule has 0 spiro atoms. The number of rotatable bonds is 7. The van der Waals surface area contributed by atoms with E-state index in [2.05, 4.69) is 17.1 Å². The number of piperidine rings is 1. The molecule has 122 valence electrons. The molecule has 1 aromatic rings. The molecular formula is C18H27ClN2O. The minimum Gasteiger partial charge on any atom is -0.356 e. The van der Waals surface area contributed by atoms with Crippen molar-refractivity contribution >= 4 is 17.5 Å². The van der Waals surface area contributed by atoms with Crippen molar-refractivity contribution in [2.24, 2.45) is 5.92 Å². The second kappa shape index (κ2) is 9.16. The predicted molar refractivity (Wildman–Crippen MR) is 92.2 cm³/mol. The number of hydrogen-bond donors (Lipinski definition) is 1. The Morgan fingerprint density at radius 3 is 2.86 bits per heavy atom. The average molecular weight is 323 g/mol. The van der Waals surface area contributed by atoms with E-state index in [1.807, 2.05) is 24.3 Å². The van der Waals surface area contributed by atoms with Crippen LogP contribution in [-0.4, -0.2) is 37.0 Å². The van der Waals surface area contributed by atoms with E-state index in [0.717, 1.165) is 42.4 Å². The summed E-state index contributed by atoms with van der Waals surface area (Å²) < 4.78 is 0. The molecule has 2 rings (SSSR count). The van der Waals surface area contributed by atoms with Crippen molar-refractivity contribution in [3.63, 3.8) is 0 Å². The third kappa shape index (κ3) is 6.37. The largest absolute Gasteiger partial charge is 0.356 e. The summed E-state index contributed by atoms with van der Waals surface area (Å²) in [6.07, 6.45) is 5.03. The van der Waals surface area contributed by atoms with Crippen LogP contribution in [0.3, 0.4) is 0 Å². The molecule has 0 bridgehead atoms. The highest BCUT2D eigenvalue weighted by Gasteiger charge is 2.15. The quantitative estimate of drug-likeness (QED) is 0.779. The zero-order valence-electron chi connectivity index (χ0n) is 13.5. The van der Waals surface area contributed by atoms with Crippen molar-refractivity contribution in [1.29, 1.82) is 0 Å². The topological polar surface area (TPSA) is 32.3 Å². The molecule has 0 radical (unpaired) electrons. The van der Waals surface area contributed by atoms with E-state index in [1.165, 1.54) is 25.9 Å². The predicted octanol–water partition coefficient (Wildman–Crippen LogP) is 3.51. The lowest BCUT2D eigenvalue weighted by Crippen LogP contribution is -2.36. The van der Waals surface area contributed by atoms with E-state index in [0.29, 0.717) is 6.42 Å². The van der Waals surface area contributed by atoms with Crippen LogP contribution in [0.1, 0.15) is 38.2 Å². The average Bonchev–Trinajstić information content (AvgIpc) is 2.51. The van der Waals surface area contributed by atoms with E-state index in [4.69, 9.17) is 11.6 Å². The Morgan fingerprint density at radius 2 is 2.14 bits per heavy atom. The van der Waals surface area contributed by atoms with Gasteiger partial charge in [-0.3, -0.25) is 4.79 Å². The molecule has 1 atom stereocenters. The van der Waals surface area contributed by atoms with Crippen molar-refractivity contribution in [3.8, 4) is 0 Å². The Kier molecular flexibility index (Phi) is 7.20. The molecular weight excluding hydrogens is 296 g/mol. The number of nitrogens with one attached hydrogen (secondary N) is 1. The first-order valence-electron chi connectivity index (χ1n) is 8.37. The number of likely N-dealkylation sites (tertiary alicyclic amines) is 1. The first-order chi connectivity index (χ1) is 10.6. The Morgan fingerprint density at radius 1 is 1.36 bits per heavy atom. The molecule has 1 aliphatic rings. The van der Waals surface area contributed by atoms with Crippen LogP contribution in [0.5, 0.6) is 0 Å². The number of amides is 1.